The Balaban J connectivity index is 1.95. The Morgan fingerprint density at radius 1 is 1.19 bits per heavy atom. The molecule has 0 spiro atoms. The van der Waals surface area contributed by atoms with Gasteiger partial charge in [-0.05, 0) is 57.2 Å². The second kappa shape index (κ2) is 7.74. The van der Waals surface area contributed by atoms with Gasteiger partial charge in [0.15, 0.2) is 4.80 Å². The van der Waals surface area contributed by atoms with Crippen molar-refractivity contribution >= 4 is 27.5 Å². The third-order valence-corrected chi connectivity index (χ3v) is 4.85. The third-order valence-electron chi connectivity index (χ3n) is 3.76. The summed E-state index contributed by atoms with van der Waals surface area (Å²) in [6.07, 6.45) is 0.0957. The maximum Gasteiger partial charge on any atom is 0.279 e. The molecule has 0 aliphatic rings. The van der Waals surface area contributed by atoms with E-state index < -0.39 is 0 Å². The molecule has 2 aromatic carbocycles. The second-order valence-electron chi connectivity index (χ2n) is 6.09. The van der Waals surface area contributed by atoms with E-state index in [-0.39, 0.29) is 12.0 Å². The molecule has 136 valence electrons. The van der Waals surface area contributed by atoms with E-state index in [9.17, 15) is 4.79 Å². The van der Waals surface area contributed by atoms with E-state index in [0.29, 0.717) is 17.0 Å². The number of rotatable bonds is 5. The van der Waals surface area contributed by atoms with Crippen molar-refractivity contribution in [2.45, 2.75) is 26.9 Å². The number of amides is 1. The first kappa shape index (κ1) is 18.2. The monoisotopic (exact) mass is 370 g/mol. The van der Waals surface area contributed by atoms with Gasteiger partial charge in [-0.1, -0.05) is 17.4 Å². The zero-order valence-corrected chi connectivity index (χ0v) is 16.2. The fourth-order valence-corrected chi connectivity index (χ4v) is 3.68. The zero-order valence-electron chi connectivity index (χ0n) is 15.4. The molecule has 0 aliphatic carbocycles. The molecule has 1 heterocycles. The van der Waals surface area contributed by atoms with Gasteiger partial charge in [-0.25, -0.2) is 0 Å². The van der Waals surface area contributed by atoms with Crippen molar-refractivity contribution in [2.24, 2.45) is 12.0 Å². The Labute approximate surface area is 156 Å². The Morgan fingerprint density at radius 3 is 2.58 bits per heavy atom. The smallest absolute Gasteiger partial charge is 0.279 e. The van der Waals surface area contributed by atoms with Crippen LogP contribution in [-0.2, 0) is 7.05 Å². The van der Waals surface area contributed by atoms with Crippen molar-refractivity contribution in [3.8, 4) is 11.5 Å². The lowest BCUT2D eigenvalue weighted by Crippen LogP contribution is -2.13. The van der Waals surface area contributed by atoms with Crippen molar-refractivity contribution in [3.05, 3.63) is 52.8 Å². The fourth-order valence-electron chi connectivity index (χ4n) is 2.65. The summed E-state index contributed by atoms with van der Waals surface area (Å²) in [4.78, 5) is 17.5. The number of carbonyl (C=O) groups excluding carboxylic acids is 1. The van der Waals surface area contributed by atoms with Crippen molar-refractivity contribution < 1.29 is 14.3 Å². The number of fused-ring (bicyclic) bond motifs is 1. The van der Waals surface area contributed by atoms with Gasteiger partial charge in [-0.15, -0.1) is 0 Å². The van der Waals surface area contributed by atoms with E-state index in [1.165, 1.54) is 11.3 Å². The summed E-state index contributed by atoms with van der Waals surface area (Å²) in [6.45, 7) is 6.47. The maximum atomic E-state index is 12.5. The van der Waals surface area contributed by atoms with E-state index in [0.717, 1.165) is 21.7 Å². The van der Waals surface area contributed by atoms with E-state index in [1.807, 2.05) is 50.6 Å². The number of nitrogens with zero attached hydrogens (tertiary/aromatic N) is 2. The van der Waals surface area contributed by atoms with Crippen LogP contribution in [0.5, 0.6) is 11.5 Å². The van der Waals surface area contributed by atoms with Crippen LogP contribution in [0.3, 0.4) is 0 Å². The molecule has 1 aromatic heterocycles. The molecule has 0 fully saturated rings. The Kier molecular flexibility index (Phi) is 5.42. The van der Waals surface area contributed by atoms with Gasteiger partial charge in [0.05, 0.1) is 17.4 Å². The van der Waals surface area contributed by atoms with Gasteiger partial charge < -0.3 is 14.0 Å². The second-order valence-corrected chi connectivity index (χ2v) is 7.10. The van der Waals surface area contributed by atoms with E-state index in [1.54, 1.807) is 24.3 Å². The molecular weight excluding hydrogens is 348 g/mol. The van der Waals surface area contributed by atoms with Gasteiger partial charge in [0.1, 0.15) is 17.0 Å². The minimum atomic E-state index is -0.277. The van der Waals surface area contributed by atoms with Crippen LogP contribution in [0.25, 0.3) is 10.2 Å². The molecule has 0 saturated carbocycles. The lowest BCUT2D eigenvalue weighted by atomic mass is 10.2. The number of aryl methyl sites for hydroxylation is 1. The molecule has 1 amide bonds. The predicted molar refractivity (Wildman–Crippen MR) is 104 cm³/mol. The quantitative estimate of drug-likeness (QED) is 0.677. The lowest BCUT2D eigenvalue weighted by molar-refractivity contribution is 0.0998. The molecule has 0 unspecified atom stereocenters. The molecule has 0 aliphatic heterocycles. The molecule has 0 N–H and O–H groups in total. The summed E-state index contributed by atoms with van der Waals surface area (Å²) in [5.41, 5.74) is 1.48. The lowest BCUT2D eigenvalue weighted by Gasteiger charge is -2.09. The fraction of sp³-hybridized carbons (Fsp3) is 0.300. The van der Waals surface area contributed by atoms with Gasteiger partial charge in [0, 0.05) is 12.6 Å². The van der Waals surface area contributed by atoms with E-state index >= 15 is 0 Å². The normalized spacial score (nSPS) is 12.0. The highest BCUT2D eigenvalue weighted by atomic mass is 32.1. The van der Waals surface area contributed by atoms with Crippen LogP contribution in [0.15, 0.2) is 47.5 Å². The summed E-state index contributed by atoms with van der Waals surface area (Å²) >= 11 is 1.47. The Bertz CT molecular complexity index is 984. The minimum Gasteiger partial charge on any atom is -0.492 e. The molecule has 0 atom stereocenters. The number of benzene rings is 2. The molecule has 0 bridgehead atoms. The molecule has 26 heavy (non-hydrogen) atoms. The highest BCUT2D eigenvalue weighted by molar-refractivity contribution is 7.16. The van der Waals surface area contributed by atoms with Gasteiger partial charge in [-0.3, -0.25) is 4.79 Å². The SMILES string of the molecule is CCOc1cccc2sc(=NC(=O)c3ccc(OC(C)C)cc3)n(C)c12. The summed E-state index contributed by atoms with van der Waals surface area (Å²) in [5.74, 6) is 1.26. The Morgan fingerprint density at radius 2 is 1.92 bits per heavy atom. The van der Waals surface area contributed by atoms with Gasteiger partial charge in [0.2, 0.25) is 0 Å². The van der Waals surface area contributed by atoms with Crippen LogP contribution >= 0.6 is 11.3 Å². The predicted octanol–water partition coefficient (Wildman–Crippen LogP) is 4.17. The van der Waals surface area contributed by atoms with Crippen LogP contribution in [0.1, 0.15) is 31.1 Å². The molecule has 0 saturated heterocycles. The number of thiazole rings is 1. The molecule has 5 nitrogen and oxygen atoms in total. The van der Waals surface area contributed by atoms with Gasteiger partial charge in [-0.2, -0.15) is 4.99 Å². The molecule has 3 rings (SSSR count). The summed E-state index contributed by atoms with van der Waals surface area (Å²) in [7, 11) is 1.90. The largest absolute Gasteiger partial charge is 0.492 e. The highest BCUT2D eigenvalue weighted by Gasteiger charge is 2.11. The van der Waals surface area contributed by atoms with Crippen molar-refractivity contribution in [2.75, 3.05) is 6.61 Å². The number of hydrogen-bond donors (Lipinski definition) is 0. The van der Waals surface area contributed by atoms with Gasteiger partial charge >= 0.3 is 0 Å². The average Bonchev–Trinajstić information content (AvgIpc) is 2.92. The van der Waals surface area contributed by atoms with Crippen LogP contribution in [0, 0.1) is 0 Å². The third kappa shape index (κ3) is 3.80. The van der Waals surface area contributed by atoms with Crippen LogP contribution in [-0.4, -0.2) is 23.2 Å². The number of para-hydroxylation sites is 1. The van der Waals surface area contributed by atoms with Crippen molar-refractivity contribution in [1.29, 1.82) is 0 Å². The summed E-state index contributed by atoms with van der Waals surface area (Å²) < 4.78 is 14.2. The number of carbonyl (C=O) groups is 1. The topological polar surface area (TPSA) is 52.8 Å². The van der Waals surface area contributed by atoms with E-state index in [4.69, 9.17) is 9.47 Å². The molecule has 3 aromatic rings. The minimum absolute atomic E-state index is 0.0957. The molecule has 6 heteroatoms. The first-order valence-electron chi connectivity index (χ1n) is 8.56. The molecule has 0 radical (unpaired) electrons. The number of hydrogen-bond acceptors (Lipinski definition) is 4. The first-order chi connectivity index (χ1) is 12.5. The van der Waals surface area contributed by atoms with Crippen LogP contribution < -0.4 is 14.3 Å². The Hall–Kier alpha value is -2.60. The maximum absolute atomic E-state index is 12.5. The van der Waals surface area contributed by atoms with Crippen LogP contribution in [0.4, 0.5) is 0 Å². The molecular formula is C20H22N2O3S. The number of ether oxygens (including phenoxy) is 2. The zero-order chi connectivity index (χ0) is 18.7. The highest BCUT2D eigenvalue weighted by Crippen LogP contribution is 2.26. The average molecular weight is 370 g/mol. The first-order valence-corrected chi connectivity index (χ1v) is 9.38. The summed E-state index contributed by atoms with van der Waals surface area (Å²) in [6, 6.07) is 12.9. The summed E-state index contributed by atoms with van der Waals surface area (Å²) in [5, 5.41) is 0. The number of aromatic nitrogens is 1. The van der Waals surface area contributed by atoms with Gasteiger partial charge in [0.25, 0.3) is 5.91 Å². The van der Waals surface area contributed by atoms with Crippen molar-refractivity contribution in [1.82, 2.24) is 4.57 Å². The van der Waals surface area contributed by atoms with Crippen LogP contribution in [0.2, 0.25) is 0 Å². The standard InChI is InChI=1S/C20H22N2O3S/c1-5-24-16-7-6-8-17-18(16)22(4)20(26-17)21-19(23)14-9-11-15(12-10-14)25-13(2)3/h6-13H,5H2,1-4H3. The van der Waals surface area contributed by atoms with E-state index in [2.05, 4.69) is 4.99 Å². The van der Waals surface area contributed by atoms with Crippen molar-refractivity contribution in [3.63, 3.8) is 0 Å².